The molecule has 0 bridgehead atoms. The van der Waals surface area contributed by atoms with Crippen molar-refractivity contribution in [1.29, 1.82) is 0 Å². The Morgan fingerprint density at radius 1 is 0.826 bits per heavy atom. The summed E-state index contributed by atoms with van der Waals surface area (Å²) in [7, 11) is 0. The fourth-order valence-electron chi connectivity index (χ4n) is 4.16. The third-order valence-electron chi connectivity index (χ3n) is 5.28. The second kappa shape index (κ2) is 5.53. The molecule has 1 aliphatic carbocycles. The Hall–Kier alpha value is -2.08. The van der Waals surface area contributed by atoms with Crippen LogP contribution in [0.15, 0.2) is 48.5 Å². The molecule has 0 N–H and O–H groups in total. The highest BCUT2D eigenvalue weighted by Crippen LogP contribution is 2.50. The molecule has 116 valence electrons. The van der Waals surface area contributed by atoms with Gasteiger partial charge >= 0.3 is 0 Å². The van der Waals surface area contributed by atoms with Gasteiger partial charge in [0.1, 0.15) is 0 Å². The Morgan fingerprint density at radius 2 is 1.57 bits per heavy atom. The van der Waals surface area contributed by atoms with Crippen LogP contribution in [-0.2, 0) is 0 Å². The maximum Gasteiger partial charge on any atom is 0.0108 e. The van der Waals surface area contributed by atoms with Gasteiger partial charge in [-0.3, -0.25) is 0 Å². The van der Waals surface area contributed by atoms with Crippen molar-refractivity contribution in [2.24, 2.45) is 0 Å². The molecule has 0 saturated heterocycles. The van der Waals surface area contributed by atoms with Crippen LogP contribution in [0.5, 0.6) is 0 Å². The van der Waals surface area contributed by atoms with Crippen molar-refractivity contribution in [3.8, 4) is 11.1 Å². The highest BCUT2D eigenvalue weighted by atomic mass is 14.3. The number of hydrogen-bond donors (Lipinski definition) is 0. The van der Waals surface area contributed by atoms with Crippen LogP contribution in [-0.4, -0.2) is 0 Å². The van der Waals surface area contributed by atoms with E-state index in [1.165, 1.54) is 52.3 Å². The van der Waals surface area contributed by atoms with E-state index in [0.717, 1.165) is 0 Å². The van der Waals surface area contributed by atoms with Crippen molar-refractivity contribution >= 4 is 10.8 Å². The van der Waals surface area contributed by atoms with E-state index in [1.54, 1.807) is 11.1 Å². The van der Waals surface area contributed by atoms with E-state index in [4.69, 9.17) is 0 Å². The molecule has 0 fully saturated rings. The highest BCUT2D eigenvalue weighted by Gasteiger charge is 2.29. The van der Waals surface area contributed by atoms with Crippen LogP contribution in [0.25, 0.3) is 21.9 Å². The van der Waals surface area contributed by atoms with Gasteiger partial charge in [-0.25, -0.2) is 0 Å². The monoisotopic (exact) mass is 300 g/mol. The van der Waals surface area contributed by atoms with Crippen LogP contribution in [0, 0.1) is 13.8 Å². The minimum absolute atomic E-state index is 0.561. The van der Waals surface area contributed by atoms with Gasteiger partial charge in [0.2, 0.25) is 0 Å². The van der Waals surface area contributed by atoms with Crippen molar-refractivity contribution in [3.05, 3.63) is 70.8 Å². The zero-order chi connectivity index (χ0) is 16.0. The number of hydrogen-bond acceptors (Lipinski definition) is 0. The summed E-state index contributed by atoms with van der Waals surface area (Å²) in [6.07, 6.45) is 3.81. The molecule has 3 aromatic carbocycles. The summed E-state index contributed by atoms with van der Waals surface area (Å²) in [6.45, 7) is 6.68. The zero-order valence-electron chi connectivity index (χ0n) is 14.3. The molecule has 1 atom stereocenters. The van der Waals surface area contributed by atoms with E-state index in [-0.39, 0.29) is 0 Å². The lowest BCUT2D eigenvalue weighted by Crippen LogP contribution is -1.98. The van der Waals surface area contributed by atoms with E-state index in [0.29, 0.717) is 5.92 Å². The number of rotatable bonds is 3. The molecular weight excluding hydrogens is 276 g/mol. The molecule has 1 unspecified atom stereocenters. The van der Waals surface area contributed by atoms with Crippen molar-refractivity contribution in [1.82, 2.24) is 0 Å². The van der Waals surface area contributed by atoms with E-state index in [9.17, 15) is 0 Å². The second-order valence-corrected chi connectivity index (χ2v) is 7.04. The normalized spacial score (nSPS) is 15.7. The molecule has 1 aliphatic rings. The van der Waals surface area contributed by atoms with Crippen molar-refractivity contribution < 1.29 is 0 Å². The van der Waals surface area contributed by atoms with Crippen LogP contribution >= 0.6 is 0 Å². The lowest BCUT2D eigenvalue weighted by atomic mass is 9.88. The topological polar surface area (TPSA) is 0 Å². The average molecular weight is 300 g/mol. The van der Waals surface area contributed by atoms with E-state index in [1.807, 2.05) is 0 Å². The third kappa shape index (κ3) is 2.28. The van der Waals surface area contributed by atoms with Gasteiger partial charge in [0, 0.05) is 5.92 Å². The Bertz CT molecular complexity index is 886. The van der Waals surface area contributed by atoms with Crippen molar-refractivity contribution in [2.45, 2.75) is 46.0 Å². The maximum atomic E-state index is 2.41. The number of benzene rings is 3. The molecule has 23 heavy (non-hydrogen) atoms. The SMILES string of the molecule is CCCCC1c2cc(C)ccc2-c2ccc3cc(C)ccc3c21. The lowest BCUT2D eigenvalue weighted by molar-refractivity contribution is 0.662. The Labute approximate surface area is 139 Å². The molecule has 0 radical (unpaired) electrons. The molecule has 0 heterocycles. The van der Waals surface area contributed by atoms with Gasteiger partial charge in [-0.15, -0.1) is 0 Å². The molecule has 0 aliphatic heterocycles. The molecule has 0 aromatic heterocycles. The molecule has 0 spiro atoms. The summed E-state index contributed by atoms with van der Waals surface area (Å²) in [5.41, 5.74) is 8.73. The molecule has 0 heteroatoms. The quantitative estimate of drug-likeness (QED) is 0.501. The first-order valence-electron chi connectivity index (χ1n) is 8.83. The van der Waals surface area contributed by atoms with Gasteiger partial charge in [0.15, 0.2) is 0 Å². The Morgan fingerprint density at radius 3 is 2.39 bits per heavy atom. The first-order valence-corrected chi connectivity index (χ1v) is 8.83. The van der Waals surface area contributed by atoms with Crippen molar-refractivity contribution in [3.63, 3.8) is 0 Å². The summed E-state index contributed by atoms with van der Waals surface area (Å²) < 4.78 is 0. The van der Waals surface area contributed by atoms with E-state index < -0.39 is 0 Å². The molecule has 4 rings (SSSR count). The van der Waals surface area contributed by atoms with Crippen LogP contribution in [0.3, 0.4) is 0 Å². The number of aryl methyl sites for hydroxylation is 2. The summed E-state index contributed by atoms with van der Waals surface area (Å²) in [4.78, 5) is 0. The van der Waals surface area contributed by atoms with Gasteiger partial charge in [-0.2, -0.15) is 0 Å². The molecule has 0 amide bonds. The Kier molecular flexibility index (Phi) is 3.49. The predicted octanol–water partition coefficient (Wildman–Crippen LogP) is 6.76. The van der Waals surface area contributed by atoms with Crippen LogP contribution < -0.4 is 0 Å². The zero-order valence-corrected chi connectivity index (χ0v) is 14.3. The largest absolute Gasteiger partial charge is 0.0654 e. The van der Waals surface area contributed by atoms with Crippen LogP contribution in [0.4, 0.5) is 0 Å². The number of unbranched alkanes of at least 4 members (excludes halogenated alkanes) is 1. The first-order chi connectivity index (χ1) is 11.2. The predicted molar refractivity (Wildman–Crippen MR) is 100 cm³/mol. The Balaban J connectivity index is 1.99. The third-order valence-corrected chi connectivity index (χ3v) is 5.28. The minimum Gasteiger partial charge on any atom is -0.0654 e. The summed E-state index contributed by atoms with van der Waals surface area (Å²) in [5.74, 6) is 0.561. The van der Waals surface area contributed by atoms with E-state index >= 15 is 0 Å². The van der Waals surface area contributed by atoms with Gasteiger partial charge < -0.3 is 0 Å². The smallest absolute Gasteiger partial charge is 0.0108 e. The summed E-state index contributed by atoms with van der Waals surface area (Å²) in [6, 6.07) is 18.6. The highest BCUT2D eigenvalue weighted by molar-refractivity contribution is 5.96. The van der Waals surface area contributed by atoms with Gasteiger partial charge in [-0.05, 0) is 53.3 Å². The first kappa shape index (κ1) is 14.5. The molecule has 0 nitrogen and oxygen atoms in total. The van der Waals surface area contributed by atoms with Crippen molar-refractivity contribution in [2.75, 3.05) is 0 Å². The van der Waals surface area contributed by atoms with Crippen LogP contribution in [0.2, 0.25) is 0 Å². The number of fused-ring (bicyclic) bond motifs is 5. The van der Waals surface area contributed by atoms with Gasteiger partial charge in [0.25, 0.3) is 0 Å². The fraction of sp³-hybridized carbons (Fsp3) is 0.304. The maximum absolute atomic E-state index is 2.41. The summed E-state index contributed by atoms with van der Waals surface area (Å²) in [5, 5.41) is 2.83. The standard InChI is InChI=1S/C23H24/c1-4-5-6-20-22-14-16(3)8-11-19(22)21-12-9-17-13-15(2)7-10-18(17)23(20)21/h7-14,20H,4-6H2,1-3H3. The average Bonchev–Trinajstić information content (AvgIpc) is 2.85. The molecular formula is C23H24. The summed E-state index contributed by atoms with van der Waals surface area (Å²) >= 11 is 0. The molecule has 3 aromatic rings. The molecule has 0 saturated carbocycles. The minimum atomic E-state index is 0.561. The second-order valence-electron chi connectivity index (χ2n) is 7.04. The lowest BCUT2D eigenvalue weighted by Gasteiger charge is -2.16. The fourth-order valence-corrected chi connectivity index (χ4v) is 4.16. The van der Waals surface area contributed by atoms with Gasteiger partial charge in [-0.1, -0.05) is 79.4 Å². The van der Waals surface area contributed by atoms with Crippen LogP contribution in [0.1, 0.15) is 54.4 Å². The van der Waals surface area contributed by atoms with Gasteiger partial charge in [0.05, 0.1) is 0 Å². The van der Waals surface area contributed by atoms with E-state index in [2.05, 4.69) is 69.3 Å².